The summed E-state index contributed by atoms with van der Waals surface area (Å²) in [6, 6.07) is 2.16. The molecule has 0 bridgehead atoms. The van der Waals surface area contributed by atoms with E-state index in [2.05, 4.69) is 42.1 Å². The number of anilines is 1. The van der Waals surface area contributed by atoms with Crippen molar-refractivity contribution in [2.75, 3.05) is 25.5 Å². The van der Waals surface area contributed by atoms with Gasteiger partial charge in [-0.2, -0.15) is 0 Å². The molecule has 0 aliphatic heterocycles. The summed E-state index contributed by atoms with van der Waals surface area (Å²) in [5, 5.41) is 6.57. The molecule has 3 nitrogen and oxygen atoms in total. The molecule has 18 heavy (non-hydrogen) atoms. The van der Waals surface area contributed by atoms with E-state index >= 15 is 0 Å². The van der Waals surface area contributed by atoms with E-state index in [1.165, 1.54) is 12.0 Å². The lowest BCUT2D eigenvalue weighted by Gasteiger charge is -2.13. The number of hydrogen-bond donors (Lipinski definition) is 2. The van der Waals surface area contributed by atoms with Crippen LogP contribution in [0, 0.1) is 6.92 Å². The lowest BCUT2D eigenvalue weighted by molar-refractivity contribution is 0.694. The summed E-state index contributed by atoms with van der Waals surface area (Å²) in [6.45, 7) is 10.3. The van der Waals surface area contributed by atoms with Gasteiger partial charge in [-0.3, -0.25) is 0 Å². The Morgan fingerprint density at radius 1 is 1.33 bits per heavy atom. The quantitative estimate of drug-likeness (QED) is 0.693. The number of aromatic nitrogens is 1. The highest BCUT2D eigenvalue weighted by Gasteiger charge is 2.06. The van der Waals surface area contributed by atoms with Gasteiger partial charge in [-0.05, 0) is 57.0 Å². The van der Waals surface area contributed by atoms with Crippen molar-refractivity contribution in [2.45, 2.75) is 33.1 Å². The molecule has 0 radical (unpaired) electrons. The van der Waals surface area contributed by atoms with Gasteiger partial charge in [0.25, 0.3) is 0 Å². The highest BCUT2D eigenvalue weighted by Crippen LogP contribution is 2.23. The summed E-state index contributed by atoms with van der Waals surface area (Å²) in [6.07, 6.45) is 5.19. The Balaban J connectivity index is 2.61. The SMILES string of the molecule is C=C(CC)c1cc(C)cnc1NCCCCNC. The van der Waals surface area contributed by atoms with Crippen molar-refractivity contribution < 1.29 is 0 Å². The Morgan fingerprint density at radius 3 is 2.72 bits per heavy atom. The third kappa shape index (κ3) is 4.49. The van der Waals surface area contributed by atoms with E-state index in [1.54, 1.807) is 0 Å². The van der Waals surface area contributed by atoms with Crippen molar-refractivity contribution in [3.63, 3.8) is 0 Å². The summed E-state index contributed by atoms with van der Waals surface area (Å²) in [5.74, 6) is 0.969. The second-order valence-electron chi connectivity index (χ2n) is 4.60. The summed E-state index contributed by atoms with van der Waals surface area (Å²) < 4.78 is 0. The molecule has 0 aliphatic carbocycles. The molecule has 0 aliphatic rings. The summed E-state index contributed by atoms with van der Waals surface area (Å²) in [4.78, 5) is 4.48. The molecular weight excluding hydrogens is 222 g/mol. The number of pyridine rings is 1. The standard InChI is InChI=1S/C15H25N3/c1-5-13(3)14-10-12(2)11-18-15(14)17-9-7-6-8-16-4/h10-11,16H,3,5-9H2,1-2,4H3,(H,17,18). The van der Waals surface area contributed by atoms with E-state index in [1.807, 2.05) is 13.2 Å². The molecule has 0 fully saturated rings. The zero-order valence-corrected chi connectivity index (χ0v) is 11.8. The van der Waals surface area contributed by atoms with Gasteiger partial charge in [0.2, 0.25) is 0 Å². The minimum Gasteiger partial charge on any atom is -0.370 e. The number of aryl methyl sites for hydroxylation is 1. The first-order valence-electron chi connectivity index (χ1n) is 6.72. The zero-order valence-electron chi connectivity index (χ0n) is 11.8. The van der Waals surface area contributed by atoms with Gasteiger partial charge in [0.1, 0.15) is 5.82 Å². The highest BCUT2D eigenvalue weighted by molar-refractivity contribution is 5.72. The van der Waals surface area contributed by atoms with Crippen LogP contribution in [0.1, 0.15) is 37.3 Å². The van der Waals surface area contributed by atoms with Crippen LogP contribution in [0.2, 0.25) is 0 Å². The molecule has 1 heterocycles. The number of unbranched alkanes of at least 4 members (excludes halogenated alkanes) is 1. The molecule has 1 aromatic heterocycles. The largest absolute Gasteiger partial charge is 0.370 e. The van der Waals surface area contributed by atoms with Gasteiger partial charge in [0.05, 0.1) is 0 Å². The van der Waals surface area contributed by atoms with Gasteiger partial charge in [-0.1, -0.05) is 13.5 Å². The normalized spacial score (nSPS) is 10.4. The predicted molar refractivity (Wildman–Crippen MR) is 79.9 cm³/mol. The molecular formula is C15H25N3. The maximum Gasteiger partial charge on any atom is 0.133 e. The molecule has 100 valence electrons. The Labute approximate surface area is 111 Å². The zero-order chi connectivity index (χ0) is 13.4. The van der Waals surface area contributed by atoms with Crippen LogP contribution in [0.5, 0.6) is 0 Å². The topological polar surface area (TPSA) is 37.0 Å². The first-order valence-corrected chi connectivity index (χ1v) is 6.72. The van der Waals surface area contributed by atoms with Gasteiger partial charge < -0.3 is 10.6 Å². The minimum absolute atomic E-state index is 0.958. The lowest BCUT2D eigenvalue weighted by Crippen LogP contribution is -2.11. The number of nitrogens with zero attached hydrogens (tertiary/aromatic N) is 1. The van der Waals surface area contributed by atoms with E-state index in [0.29, 0.717) is 0 Å². The van der Waals surface area contributed by atoms with Crippen LogP contribution in [0.4, 0.5) is 5.82 Å². The van der Waals surface area contributed by atoms with Crippen molar-refractivity contribution in [1.29, 1.82) is 0 Å². The first-order chi connectivity index (χ1) is 8.69. The first kappa shape index (κ1) is 14.7. The Morgan fingerprint density at radius 2 is 2.06 bits per heavy atom. The monoisotopic (exact) mass is 247 g/mol. The second-order valence-corrected chi connectivity index (χ2v) is 4.60. The summed E-state index contributed by atoms with van der Waals surface area (Å²) in [7, 11) is 1.98. The maximum atomic E-state index is 4.48. The molecule has 1 rings (SSSR count). The van der Waals surface area contributed by atoms with Crippen LogP contribution in [0.3, 0.4) is 0 Å². The number of allylic oxidation sites excluding steroid dienone is 1. The van der Waals surface area contributed by atoms with Crippen LogP contribution in [0.25, 0.3) is 5.57 Å². The summed E-state index contributed by atoms with van der Waals surface area (Å²) >= 11 is 0. The van der Waals surface area contributed by atoms with E-state index in [4.69, 9.17) is 0 Å². The number of nitrogens with one attached hydrogen (secondary N) is 2. The van der Waals surface area contributed by atoms with Crippen molar-refractivity contribution in [3.8, 4) is 0 Å². The van der Waals surface area contributed by atoms with Gasteiger partial charge in [0, 0.05) is 18.3 Å². The van der Waals surface area contributed by atoms with Crippen LogP contribution in [-0.2, 0) is 0 Å². The number of rotatable bonds is 8. The fourth-order valence-electron chi connectivity index (χ4n) is 1.80. The van der Waals surface area contributed by atoms with Crippen LogP contribution < -0.4 is 10.6 Å². The molecule has 0 spiro atoms. The Hall–Kier alpha value is -1.35. The van der Waals surface area contributed by atoms with Gasteiger partial charge in [-0.25, -0.2) is 4.98 Å². The van der Waals surface area contributed by atoms with E-state index in [9.17, 15) is 0 Å². The molecule has 0 saturated heterocycles. The van der Waals surface area contributed by atoms with Crippen molar-refractivity contribution in [3.05, 3.63) is 30.0 Å². The van der Waals surface area contributed by atoms with Gasteiger partial charge in [-0.15, -0.1) is 0 Å². The fraction of sp³-hybridized carbons (Fsp3) is 0.533. The van der Waals surface area contributed by atoms with Gasteiger partial charge in [0.15, 0.2) is 0 Å². The molecule has 0 unspecified atom stereocenters. The Kier molecular flexibility index (Phi) is 6.44. The minimum atomic E-state index is 0.958. The molecule has 0 saturated carbocycles. The van der Waals surface area contributed by atoms with Crippen LogP contribution in [0.15, 0.2) is 18.8 Å². The van der Waals surface area contributed by atoms with E-state index < -0.39 is 0 Å². The third-order valence-corrected chi connectivity index (χ3v) is 2.98. The van der Waals surface area contributed by atoms with E-state index in [-0.39, 0.29) is 0 Å². The molecule has 2 N–H and O–H groups in total. The molecule has 0 atom stereocenters. The molecule has 0 amide bonds. The van der Waals surface area contributed by atoms with Crippen LogP contribution in [-0.4, -0.2) is 25.1 Å². The molecule has 0 aromatic carbocycles. The average molecular weight is 247 g/mol. The average Bonchev–Trinajstić information content (AvgIpc) is 2.39. The molecule has 1 aromatic rings. The highest BCUT2D eigenvalue weighted by atomic mass is 15.0. The Bertz CT molecular complexity index is 385. The summed E-state index contributed by atoms with van der Waals surface area (Å²) in [5.41, 5.74) is 3.48. The van der Waals surface area contributed by atoms with Gasteiger partial charge >= 0.3 is 0 Å². The smallest absolute Gasteiger partial charge is 0.133 e. The number of hydrogen-bond acceptors (Lipinski definition) is 3. The lowest BCUT2D eigenvalue weighted by atomic mass is 10.0. The third-order valence-electron chi connectivity index (χ3n) is 2.98. The fourth-order valence-corrected chi connectivity index (χ4v) is 1.80. The van der Waals surface area contributed by atoms with Crippen LogP contribution >= 0.6 is 0 Å². The van der Waals surface area contributed by atoms with E-state index in [0.717, 1.165) is 42.9 Å². The van der Waals surface area contributed by atoms with Crippen molar-refractivity contribution >= 4 is 11.4 Å². The molecule has 3 heteroatoms. The predicted octanol–water partition coefficient (Wildman–Crippen LogP) is 3.22. The van der Waals surface area contributed by atoms with Crippen molar-refractivity contribution in [1.82, 2.24) is 10.3 Å². The van der Waals surface area contributed by atoms with Crippen molar-refractivity contribution in [2.24, 2.45) is 0 Å². The maximum absolute atomic E-state index is 4.48. The second kappa shape index (κ2) is 7.88.